The van der Waals surface area contributed by atoms with Crippen LogP contribution in [0.25, 0.3) is 66.9 Å². The van der Waals surface area contributed by atoms with E-state index in [2.05, 4.69) is 349 Å². The first kappa shape index (κ1) is 55.1. The third-order valence-corrected chi connectivity index (χ3v) is 17.4. The summed E-state index contributed by atoms with van der Waals surface area (Å²) >= 11 is 2.54. The number of benzene rings is 10. The van der Waals surface area contributed by atoms with E-state index in [-0.39, 0.29) is 16.2 Å². The first-order valence-corrected chi connectivity index (χ1v) is 30.5. The van der Waals surface area contributed by atoms with Gasteiger partial charge in [-0.1, -0.05) is 102 Å². The van der Waals surface area contributed by atoms with Gasteiger partial charge in [0, 0.05) is 17.4 Å². The molecule has 13 rings (SSSR count). The number of rotatable bonds is 8. The van der Waals surface area contributed by atoms with Gasteiger partial charge in [0.1, 0.15) is 0 Å². The molecule has 3 heterocycles. The number of para-hydroxylation sites is 5. The fourth-order valence-electron chi connectivity index (χ4n) is 12.0. The van der Waals surface area contributed by atoms with E-state index in [0.29, 0.717) is 11.5 Å². The Labute approximate surface area is 511 Å². The molecule has 12 aromatic rings. The first-order valence-electron chi connectivity index (χ1n) is 29.3. The van der Waals surface area contributed by atoms with Gasteiger partial charge in [-0.15, -0.1) is 0 Å². The van der Waals surface area contributed by atoms with Gasteiger partial charge in [-0.2, -0.15) is 0 Å². The predicted molar refractivity (Wildman–Crippen MR) is 351 cm³/mol. The number of ether oxygens (including phenoxy) is 1. The van der Waals surface area contributed by atoms with Crippen molar-refractivity contribution in [3.63, 3.8) is 0 Å². The van der Waals surface area contributed by atoms with Gasteiger partial charge in [0.15, 0.2) is 0 Å². The molecule has 422 valence electrons. The molecule has 7 heteroatoms. The molecule has 0 saturated carbocycles. The van der Waals surface area contributed by atoms with Crippen LogP contribution in [0.5, 0.6) is 11.5 Å². The van der Waals surface area contributed by atoms with Gasteiger partial charge in [0.2, 0.25) is 0 Å². The molecule has 85 heavy (non-hydrogen) atoms. The van der Waals surface area contributed by atoms with Crippen LogP contribution < -0.4 is 14.5 Å². The fraction of sp³-hybridized carbons (Fsp3) is 0.154. The average molecular weight is 1290 g/mol. The second-order valence-corrected chi connectivity index (χ2v) is 26.3. The maximum absolute atomic E-state index is 7.23. The molecular weight excluding hydrogens is 1220 g/mol. The molecule has 1 aliphatic heterocycles. The number of hydrogen-bond acceptors (Lipinski definition) is 4. The van der Waals surface area contributed by atoms with Crippen LogP contribution in [0.4, 0.5) is 34.3 Å². The van der Waals surface area contributed by atoms with Gasteiger partial charge in [0.25, 0.3) is 0 Å². The minimum atomic E-state index is -0.137. The van der Waals surface area contributed by atoms with Crippen LogP contribution >= 0.6 is 0 Å². The minimum absolute atomic E-state index is 0.0650. The van der Waals surface area contributed by atoms with Gasteiger partial charge in [-0.05, 0) is 52.3 Å². The number of aromatic nitrogens is 3. The molecule has 0 saturated heterocycles. The zero-order valence-electron chi connectivity index (χ0n) is 49.7. The zero-order valence-corrected chi connectivity index (χ0v) is 52.0. The standard InChI is InChI=1S/C78H69N5O.Pt/c1-76(2,3)55-30-24-32-59(46-55)82-68-37-19-16-34-62(68)63-35-18-21-39-70(63)83(74-49-56(44-45-79-74)77(4,5)6)73-51-61(42-43-65(73)64-36-17-20-38-69(64)82)84-60-33-25-31-58(50-60)80-52-81(72-41-23-22-40-71(72)80)75-66(53-26-12-10-13-27-53)47-57(78(7,8)9)48-67(75)54-28-14-11-15-29-54;/h10-51H,1-9H3;. The zero-order chi connectivity index (χ0) is 58.8. The smallest absolute Gasteiger partial charge is 0.0615 e. The van der Waals surface area contributed by atoms with Crippen molar-refractivity contribution in [1.82, 2.24) is 14.1 Å². The number of fused-ring (bicyclic) bond motifs is 7. The second-order valence-electron chi connectivity index (χ2n) is 25.3. The van der Waals surface area contributed by atoms with Crippen LogP contribution in [0.15, 0.2) is 255 Å². The number of hydrogen-bond donors (Lipinski definition) is 0. The summed E-state index contributed by atoms with van der Waals surface area (Å²) in [5, 5.41) is 0. The van der Waals surface area contributed by atoms with Crippen LogP contribution in [0.1, 0.15) is 79.0 Å². The van der Waals surface area contributed by atoms with Crippen molar-refractivity contribution in [3.8, 4) is 67.4 Å². The number of pyridine rings is 1. The SMILES string of the molecule is CC(C)(C)c1cccc(N2c3ccccc3-c3ccccc3N(c3cc(C(C)(C)C)ccn3)c3cc(Oc4cccc(-n5[c](=[Pt])n(-c6c(-c7ccccc7)cc(C(C)(C)C)cc6-c6ccccc6)c6ccccc65)c4)ccc3-c3ccccc32)c1. The molecule has 2 aromatic heterocycles. The first-order chi connectivity index (χ1) is 41.0. The molecular formula is C78H69N5OPt. The third-order valence-electron chi connectivity index (χ3n) is 16.4. The topological polar surface area (TPSA) is 38.5 Å². The van der Waals surface area contributed by atoms with Gasteiger partial charge in [-0.3, -0.25) is 0 Å². The summed E-state index contributed by atoms with van der Waals surface area (Å²) in [6.07, 6.45) is 1.96. The summed E-state index contributed by atoms with van der Waals surface area (Å²) in [5.41, 5.74) is 21.8. The number of anilines is 6. The number of nitrogens with zero attached hydrogens (tertiary/aromatic N) is 5. The summed E-state index contributed by atoms with van der Waals surface area (Å²) < 4.78 is 13.1. The van der Waals surface area contributed by atoms with Crippen molar-refractivity contribution in [1.29, 1.82) is 0 Å². The Morgan fingerprint density at radius 3 is 1.39 bits per heavy atom. The van der Waals surface area contributed by atoms with Crippen LogP contribution in [0.3, 0.4) is 0 Å². The summed E-state index contributed by atoms with van der Waals surface area (Å²) in [6.45, 7) is 20.5. The molecule has 6 nitrogen and oxygen atoms in total. The van der Waals surface area contributed by atoms with E-state index in [1.54, 1.807) is 0 Å². The van der Waals surface area contributed by atoms with Crippen molar-refractivity contribution in [3.05, 3.63) is 275 Å². The Hall–Kier alpha value is -9.09. The Bertz CT molecular complexity index is 4490. The maximum atomic E-state index is 7.23. The van der Waals surface area contributed by atoms with Gasteiger partial charge >= 0.3 is 332 Å². The van der Waals surface area contributed by atoms with E-state index in [9.17, 15) is 0 Å². The predicted octanol–water partition coefficient (Wildman–Crippen LogP) is 21.5. The van der Waals surface area contributed by atoms with E-state index in [4.69, 9.17) is 9.72 Å². The van der Waals surface area contributed by atoms with Crippen LogP contribution in [-0.4, -0.2) is 14.1 Å². The minimum Gasteiger partial charge on any atom is -0.0615 e. The molecule has 0 fully saturated rings. The Balaban J connectivity index is 1.01. The summed E-state index contributed by atoms with van der Waals surface area (Å²) in [5.74, 6) is 2.21. The van der Waals surface area contributed by atoms with Crippen LogP contribution in [-0.2, 0) is 35.6 Å². The molecule has 0 aliphatic carbocycles. The Kier molecular flexibility index (Phi) is 14.2. The molecule has 10 aromatic carbocycles. The van der Waals surface area contributed by atoms with Crippen molar-refractivity contribution in [2.75, 3.05) is 9.80 Å². The van der Waals surface area contributed by atoms with Gasteiger partial charge < -0.3 is 4.90 Å². The summed E-state index contributed by atoms with van der Waals surface area (Å²) in [7, 11) is 0. The van der Waals surface area contributed by atoms with E-state index in [1.807, 2.05) is 6.20 Å². The molecule has 0 radical (unpaired) electrons. The van der Waals surface area contributed by atoms with E-state index in [1.165, 1.54) is 27.8 Å². The molecule has 1 aliphatic rings. The Morgan fingerprint density at radius 2 is 0.812 bits per heavy atom. The van der Waals surface area contributed by atoms with Crippen molar-refractivity contribution >= 4 is 45.3 Å². The van der Waals surface area contributed by atoms with Crippen molar-refractivity contribution in [2.24, 2.45) is 0 Å². The van der Waals surface area contributed by atoms with Gasteiger partial charge in [0.05, 0.1) is 5.69 Å². The molecule has 0 atom stereocenters. The summed E-state index contributed by atoms with van der Waals surface area (Å²) in [4.78, 5) is 10.1. The fourth-order valence-corrected chi connectivity index (χ4v) is 13.1. The molecule has 0 N–H and O–H groups in total. The molecule has 0 bridgehead atoms. The normalized spacial score (nSPS) is 12.6. The monoisotopic (exact) mass is 1290 g/mol. The van der Waals surface area contributed by atoms with E-state index in [0.717, 1.165) is 93.8 Å². The van der Waals surface area contributed by atoms with Crippen LogP contribution in [0, 0.1) is 3.80 Å². The van der Waals surface area contributed by atoms with E-state index < -0.39 is 0 Å². The quantitative estimate of drug-likeness (QED) is 0.152. The van der Waals surface area contributed by atoms with Crippen LogP contribution in [0.2, 0.25) is 0 Å². The second kappa shape index (κ2) is 21.8. The summed E-state index contributed by atoms with van der Waals surface area (Å²) in [6, 6.07) is 90.2. The van der Waals surface area contributed by atoms with E-state index >= 15 is 0 Å². The Morgan fingerprint density at radius 1 is 0.341 bits per heavy atom. The molecule has 0 unspecified atom stereocenters. The molecule has 0 amide bonds. The number of imidazole rings is 1. The average Bonchev–Trinajstić information content (AvgIpc) is 2.15. The third kappa shape index (κ3) is 10.4. The van der Waals surface area contributed by atoms with Crippen molar-refractivity contribution in [2.45, 2.75) is 78.6 Å². The van der Waals surface area contributed by atoms with Crippen molar-refractivity contribution < 1.29 is 24.1 Å². The van der Waals surface area contributed by atoms with Gasteiger partial charge in [-0.25, -0.2) is 0 Å². The molecule has 0 spiro atoms.